The van der Waals surface area contributed by atoms with E-state index in [2.05, 4.69) is 15.4 Å². The summed E-state index contributed by atoms with van der Waals surface area (Å²) in [6.45, 7) is 3.54. The van der Waals surface area contributed by atoms with Crippen molar-refractivity contribution in [2.24, 2.45) is 0 Å². The normalized spacial score (nSPS) is 10.7. The van der Waals surface area contributed by atoms with Crippen molar-refractivity contribution in [2.75, 3.05) is 5.01 Å². The molecule has 0 radical (unpaired) electrons. The van der Waals surface area contributed by atoms with E-state index in [0.29, 0.717) is 16.3 Å². The molecule has 0 aliphatic rings. The average Bonchev–Trinajstić information content (AvgIpc) is 2.88. The van der Waals surface area contributed by atoms with E-state index in [9.17, 15) is 9.59 Å². The second kappa shape index (κ2) is 10.5. The van der Waals surface area contributed by atoms with Crippen LogP contribution in [-0.2, 0) is 16.1 Å². The number of nitrogens with one attached hydrogen (secondary N) is 1. The molecule has 2 aromatic carbocycles. The number of carbonyl (C=O) groups is 2. The van der Waals surface area contributed by atoms with Crippen LogP contribution in [0.4, 0.5) is 15.0 Å². The standard InChI is InChI=1S/C26H22ClFN4O3/c1-3-23(33)32(31-26(34)35-15-17-7-5-4-6-8-17)22-12-18-11-19(20-13-29-10-9-16(20)2)25(28)24(27)21(18)14-30-22/h4-14H,3,15H2,1-2H3,(H,31,34). The molecule has 178 valence electrons. The molecular formula is C26H22ClFN4O3. The number of fused-ring (bicyclic) bond motifs is 1. The first-order valence-electron chi connectivity index (χ1n) is 10.9. The van der Waals surface area contributed by atoms with E-state index in [-0.39, 0.29) is 29.4 Å². The highest BCUT2D eigenvalue weighted by molar-refractivity contribution is 6.36. The highest BCUT2D eigenvalue weighted by atomic mass is 35.5. The molecule has 1 N–H and O–H groups in total. The van der Waals surface area contributed by atoms with Crippen molar-refractivity contribution in [2.45, 2.75) is 26.9 Å². The fourth-order valence-corrected chi connectivity index (χ4v) is 3.79. The van der Waals surface area contributed by atoms with Crippen molar-refractivity contribution in [1.82, 2.24) is 15.4 Å². The van der Waals surface area contributed by atoms with Crippen LogP contribution in [0.3, 0.4) is 0 Å². The first kappa shape index (κ1) is 24.1. The van der Waals surface area contributed by atoms with Gasteiger partial charge in [-0.3, -0.25) is 9.78 Å². The van der Waals surface area contributed by atoms with Crippen LogP contribution in [0, 0.1) is 12.7 Å². The predicted octanol–water partition coefficient (Wildman–Crippen LogP) is 5.98. The van der Waals surface area contributed by atoms with Gasteiger partial charge in [0.25, 0.3) is 0 Å². The Hall–Kier alpha value is -4.04. The largest absolute Gasteiger partial charge is 0.443 e. The van der Waals surface area contributed by atoms with Crippen LogP contribution in [0.25, 0.3) is 21.9 Å². The molecule has 0 fully saturated rings. The Kier molecular flexibility index (Phi) is 7.22. The van der Waals surface area contributed by atoms with E-state index in [1.54, 1.807) is 37.5 Å². The van der Waals surface area contributed by atoms with E-state index in [1.807, 2.05) is 37.3 Å². The number of ether oxygens (including phenoxy) is 1. The summed E-state index contributed by atoms with van der Waals surface area (Å²) in [5.74, 6) is -0.864. The van der Waals surface area contributed by atoms with Crippen molar-refractivity contribution >= 4 is 40.2 Å². The lowest BCUT2D eigenvalue weighted by molar-refractivity contribution is -0.119. The van der Waals surface area contributed by atoms with Crippen molar-refractivity contribution in [3.8, 4) is 11.1 Å². The second-order valence-corrected chi connectivity index (χ2v) is 8.14. The van der Waals surface area contributed by atoms with Crippen molar-refractivity contribution < 1.29 is 18.7 Å². The fraction of sp³-hybridized carbons (Fsp3) is 0.154. The topological polar surface area (TPSA) is 84.4 Å². The maximum atomic E-state index is 15.1. The minimum absolute atomic E-state index is 0.0364. The van der Waals surface area contributed by atoms with Crippen molar-refractivity contribution in [3.05, 3.63) is 89.1 Å². The highest BCUT2D eigenvalue weighted by Gasteiger charge is 2.21. The maximum absolute atomic E-state index is 15.1. The summed E-state index contributed by atoms with van der Waals surface area (Å²) in [5.41, 5.74) is 4.94. The quantitative estimate of drug-likeness (QED) is 0.346. The zero-order valence-corrected chi connectivity index (χ0v) is 19.8. The van der Waals surface area contributed by atoms with Gasteiger partial charge in [-0.1, -0.05) is 48.9 Å². The van der Waals surface area contributed by atoms with Gasteiger partial charge in [-0.25, -0.2) is 19.6 Å². The molecule has 4 aromatic rings. The molecule has 2 amide bonds. The number of carbonyl (C=O) groups excluding carboxylic acids is 2. The number of hydrazine groups is 1. The molecule has 9 heteroatoms. The van der Waals surface area contributed by atoms with Gasteiger partial charge >= 0.3 is 6.09 Å². The molecule has 0 spiro atoms. The van der Waals surface area contributed by atoms with Crippen LogP contribution in [0.1, 0.15) is 24.5 Å². The zero-order chi connectivity index (χ0) is 24.9. The van der Waals surface area contributed by atoms with Crippen LogP contribution in [0.15, 0.2) is 67.1 Å². The number of hydrogen-bond donors (Lipinski definition) is 1. The molecule has 2 aromatic heterocycles. The third-order valence-electron chi connectivity index (χ3n) is 5.41. The molecule has 0 saturated carbocycles. The number of aryl methyl sites for hydroxylation is 1. The molecule has 0 aliphatic carbocycles. The Bertz CT molecular complexity index is 1400. The number of nitrogens with zero attached hydrogens (tertiary/aromatic N) is 3. The van der Waals surface area contributed by atoms with Gasteiger partial charge in [-0.15, -0.1) is 0 Å². The Morgan fingerprint density at radius 1 is 1.11 bits per heavy atom. The van der Waals surface area contributed by atoms with E-state index in [0.717, 1.165) is 16.1 Å². The van der Waals surface area contributed by atoms with Gasteiger partial charge in [0.2, 0.25) is 5.91 Å². The van der Waals surface area contributed by atoms with Crippen LogP contribution in [-0.4, -0.2) is 22.0 Å². The summed E-state index contributed by atoms with van der Waals surface area (Å²) in [5, 5.41) is 1.82. The lowest BCUT2D eigenvalue weighted by Crippen LogP contribution is -2.47. The minimum atomic E-state index is -0.818. The minimum Gasteiger partial charge on any atom is -0.443 e. The van der Waals surface area contributed by atoms with Crippen molar-refractivity contribution in [3.63, 3.8) is 0 Å². The number of amides is 2. The number of aromatic nitrogens is 2. The monoisotopic (exact) mass is 492 g/mol. The molecule has 35 heavy (non-hydrogen) atoms. The van der Waals surface area contributed by atoms with Gasteiger partial charge in [0.15, 0.2) is 5.82 Å². The summed E-state index contributed by atoms with van der Waals surface area (Å²) in [6, 6.07) is 14.1. The van der Waals surface area contributed by atoms with E-state index in [4.69, 9.17) is 16.3 Å². The zero-order valence-electron chi connectivity index (χ0n) is 19.1. The van der Waals surface area contributed by atoms with Gasteiger partial charge in [-0.2, -0.15) is 5.01 Å². The molecule has 0 aliphatic heterocycles. The Balaban J connectivity index is 1.67. The number of rotatable bonds is 5. The van der Waals surface area contributed by atoms with Gasteiger partial charge in [0.05, 0.1) is 5.02 Å². The van der Waals surface area contributed by atoms with Crippen molar-refractivity contribution in [1.29, 1.82) is 0 Å². The summed E-state index contributed by atoms with van der Waals surface area (Å²) in [4.78, 5) is 33.4. The lowest BCUT2D eigenvalue weighted by Gasteiger charge is -2.22. The number of halogens is 2. The first-order chi connectivity index (χ1) is 16.9. The summed E-state index contributed by atoms with van der Waals surface area (Å²) < 4.78 is 20.3. The first-order valence-corrected chi connectivity index (χ1v) is 11.3. The Labute approximate surface area is 206 Å². The smallest absolute Gasteiger partial charge is 0.426 e. The third kappa shape index (κ3) is 5.22. The number of anilines is 1. The lowest BCUT2D eigenvalue weighted by atomic mass is 9.99. The third-order valence-corrected chi connectivity index (χ3v) is 5.78. The average molecular weight is 493 g/mol. The molecular weight excluding hydrogens is 471 g/mol. The number of hydrogen-bond acceptors (Lipinski definition) is 5. The summed E-state index contributed by atoms with van der Waals surface area (Å²) in [6.07, 6.45) is 3.83. The van der Waals surface area contributed by atoms with Gasteiger partial charge < -0.3 is 4.74 Å². The highest BCUT2D eigenvalue weighted by Crippen LogP contribution is 2.36. The maximum Gasteiger partial charge on any atom is 0.426 e. The molecule has 7 nitrogen and oxygen atoms in total. The Morgan fingerprint density at radius 2 is 1.89 bits per heavy atom. The SMILES string of the molecule is CCC(=O)N(NC(=O)OCc1ccccc1)c1cc2cc(-c3cnccc3C)c(F)c(Cl)c2cn1. The van der Waals surface area contributed by atoms with E-state index >= 15 is 4.39 Å². The van der Waals surface area contributed by atoms with Crippen LogP contribution < -0.4 is 10.4 Å². The molecule has 0 bridgehead atoms. The predicted molar refractivity (Wildman–Crippen MR) is 132 cm³/mol. The van der Waals surface area contributed by atoms with Crippen LogP contribution >= 0.6 is 11.6 Å². The molecule has 0 unspecified atom stereocenters. The van der Waals surface area contributed by atoms with Gasteiger partial charge in [0.1, 0.15) is 12.4 Å². The Morgan fingerprint density at radius 3 is 2.60 bits per heavy atom. The summed E-state index contributed by atoms with van der Waals surface area (Å²) in [7, 11) is 0. The van der Waals surface area contributed by atoms with Crippen LogP contribution in [0.2, 0.25) is 5.02 Å². The fourth-order valence-electron chi connectivity index (χ4n) is 3.53. The number of benzene rings is 2. The molecule has 0 atom stereocenters. The second-order valence-electron chi connectivity index (χ2n) is 7.76. The van der Waals surface area contributed by atoms with Crippen LogP contribution in [0.5, 0.6) is 0 Å². The van der Waals surface area contributed by atoms with E-state index in [1.165, 1.54) is 6.20 Å². The van der Waals surface area contributed by atoms with Gasteiger partial charge in [-0.05, 0) is 41.6 Å². The van der Waals surface area contributed by atoms with Gasteiger partial charge in [0, 0.05) is 41.5 Å². The number of pyridine rings is 2. The summed E-state index contributed by atoms with van der Waals surface area (Å²) >= 11 is 6.33. The van der Waals surface area contributed by atoms with E-state index < -0.39 is 17.8 Å². The molecule has 0 saturated heterocycles. The molecule has 2 heterocycles. The molecule has 4 rings (SSSR count).